The van der Waals surface area contributed by atoms with Gasteiger partial charge in [0, 0.05) is 32.8 Å². The summed E-state index contributed by atoms with van der Waals surface area (Å²) in [4.78, 5) is 13.1. The van der Waals surface area contributed by atoms with Crippen LogP contribution in [-0.2, 0) is 4.74 Å². The second-order valence-electron chi connectivity index (χ2n) is 5.61. The molecule has 0 radical (unpaired) electrons. The molecule has 6 nitrogen and oxygen atoms in total. The minimum atomic E-state index is -0.332. The van der Waals surface area contributed by atoms with Crippen molar-refractivity contribution in [1.29, 1.82) is 0 Å². The lowest BCUT2D eigenvalue weighted by Crippen LogP contribution is -2.26. The Morgan fingerprint density at radius 1 is 1.52 bits per heavy atom. The molecule has 21 heavy (non-hydrogen) atoms. The summed E-state index contributed by atoms with van der Waals surface area (Å²) in [7, 11) is 1.71. The number of nitrogens with one attached hydrogen (secondary N) is 1. The van der Waals surface area contributed by atoms with E-state index in [-0.39, 0.29) is 10.6 Å². The largest absolute Gasteiger partial charge is 0.383 e. The van der Waals surface area contributed by atoms with Crippen molar-refractivity contribution in [1.82, 2.24) is 4.90 Å². The highest BCUT2D eigenvalue weighted by molar-refractivity contribution is 5.62. The Labute approximate surface area is 125 Å². The zero-order valence-electron chi connectivity index (χ0n) is 12.7. The van der Waals surface area contributed by atoms with Crippen molar-refractivity contribution >= 4 is 11.4 Å². The number of methoxy groups -OCH3 is 1. The van der Waals surface area contributed by atoms with Gasteiger partial charge in [0.1, 0.15) is 5.69 Å². The van der Waals surface area contributed by atoms with Gasteiger partial charge in [0.2, 0.25) is 0 Å². The highest BCUT2D eigenvalue weighted by Gasteiger charge is 2.23. The van der Waals surface area contributed by atoms with Crippen LogP contribution in [0.15, 0.2) is 18.2 Å². The third-order valence-corrected chi connectivity index (χ3v) is 3.91. The topological polar surface area (TPSA) is 67.6 Å². The molecule has 1 fully saturated rings. The first-order valence-electron chi connectivity index (χ1n) is 7.30. The maximum absolute atomic E-state index is 11.0. The van der Waals surface area contributed by atoms with E-state index in [4.69, 9.17) is 4.74 Å². The second kappa shape index (κ2) is 7.38. The van der Waals surface area contributed by atoms with Gasteiger partial charge in [-0.2, -0.15) is 0 Å². The van der Waals surface area contributed by atoms with Crippen molar-refractivity contribution in [3.05, 3.63) is 33.9 Å². The van der Waals surface area contributed by atoms with E-state index < -0.39 is 0 Å². The lowest BCUT2D eigenvalue weighted by molar-refractivity contribution is -0.384. The van der Waals surface area contributed by atoms with Crippen LogP contribution < -0.4 is 5.32 Å². The summed E-state index contributed by atoms with van der Waals surface area (Å²) >= 11 is 0. The molecule has 6 heteroatoms. The van der Waals surface area contributed by atoms with Crippen LogP contribution in [0, 0.1) is 23.0 Å². The van der Waals surface area contributed by atoms with Gasteiger partial charge >= 0.3 is 0 Å². The minimum absolute atomic E-state index is 0.148. The zero-order chi connectivity index (χ0) is 15.2. The van der Waals surface area contributed by atoms with E-state index in [9.17, 15) is 10.1 Å². The third kappa shape index (κ3) is 4.41. The Balaban J connectivity index is 1.89. The molecule has 1 saturated heterocycles. The average molecular weight is 293 g/mol. The summed E-state index contributed by atoms with van der Waals surface area (Å²) in [5, 5.41) is 14.3. The number of rotatable bonds is 7. The quantitative estimate of drug-likeness (QED) is 0.617. The highest BCUT2D eigenvalue weighted by atomic mass is 16.6. The summed E-state index contributed by atoms with van der Waals surface area (Å²) < 4.78 is 5.09. The van der Waals surface area contributed by atoms with Gasteiger partial charge in [-0.05, 0) is 37.4 Å². The smallest absolute Gasteiger partial charge is 0.292 e. The van der Waals surface area contributed by atoms with Crippen molar-refractivity contribution in [3.63, 3.8) is 0 Å². The molecule has 116 valence electrons. The zero-order valence-corrected chi connectivity index (χ0v) is 12.7. The lowest BCUT2D eigenvalue weighted by Gasteiger charge is -2.16. The van der Waals surface area contributed by atoms with Crippen LogP contribution in [-0.4, -0.2) is 49.7 Å². The molecule has 1 N–H and O–H groups in total. The van der Waals surface area contributed by atoms with E-state index in [1.165, 1.54) is 0 Å². The summed E-state index contributed by atoms with van der Waals surface area (Å²) in [6.07, 6.45) is 1.12. The van der Waals surface area contributed by atoms with Gasteiger partial charge in [0.15, 0.2) is 0 Å². The molecular weight excluding hydrogens is 270 g/mol. The van der Waals surface area contributed by atoms with Crippen molar-refractivity contribution in [2.45, 2.75) is 13.3 Å². The van der Waals surface area contributed by atoms with Gasteiger partial charge in [-0.3, -0.25) is 10.1 Å². The van der Waals surface area contributed by atoms with Gasteiger partial charge in [-0.25, -0.2) is 0 Å². The molecule has 0 amide bonds. The third-order valence-electron chi connectivity index (χ3n) is 3.91. The number of hydrogen-bond donors (Lipinski definition) is 1. The molecule has 0 aromatic heterocycles. The lowest BCUT2D eigenvalue weighted by atomic mass is 10.1. The minimum Gasteiger partial charge on any atom is -0.383 e. The molecule has 0 saturated carbocycles. The first-order chi connectivity index (χ1) is 10.1. The van der Waals surface area contributed by atoms with E-state index in [2.05, 4.69) is 10.2 Å². The maximum Gasteiger partial charge on any atom is 0.292 e. The Hall–Kier alpha value is -1.66. The number of ether oxygens (including phenoxy) is 1. The Morgan fingerprint density at radius 3 is 3.05 bits per heavy atom. The first kappa shape index (κ1) is 15.7. The number of nitrogens with zero attached hydrogens (tertiary/aromatic N) is 2. The van der Waals surface area contributed by atoms with Crippen LogP contribution in [0.1, 0.15) is 12.0 Å². The van der Waals surface area contributed by atoms with Crippen molar-refractivity contribution in [2.75, 3.05) is 45.2 Å². The fraction of sp³-hybridized carbons (Fsp3) is 0.600. The normalized spacial score (nSPS) is 18.9. The van der Waals surface area contributed by atoms with Crippen LogP contribution in [0.5, 0.6) is 0 Å². The van der Waals surface area contributed by atoms with Crippen molar-refractivity contribution in [3.8, 4) is 0 Å². The van der Waals surface area contributed by atoms with E-state index in [1.54, 1.807) is 19.2 Å². The molecule has 0 spiro atoms. The van der Waals surface area contributed by atoms with Gasteiger partial charge < -0.3 is 15.0 Å². The second-order valence-corrected chi connectivity index (χ2v) is 5.61. The van der Waals surface area contributed by atoms with Crippen LogP contribution in [0.25, 0.3) is 0 Å². The van der Waals surface area contributed by atoms with Gasteiger partial charge in [0.05, 0.1) is 11.5 Å². The van der Waals surface area contributed by atoms with Crippen LogP contribution in [0.2, 0.25) is 0 Å². The van der Waals surface area contributed by atoms with Crippen LogP contribution >= 0.6 is 0 Å². The molecule has 0 unspecified atom stereocenters. The molecule has 1 aromatic carbocycles. The molecular formula is C15H23N3O3. The number of anilines is 1. The standard InChI is InChI=1S/C15H23N3O3/c1-12-3-4-15(18(19)20)14(9-12)16-10-13-5-6-17(11-13)7-8-21-2/h3-4,9,13,16H,5-8,10-11H2,1-2H3/t13-/m0/s1. The number of aryl methyl sites for hydroxylation is 1. The fourth-order valence-corrected chi connectivity index (χ4v) is 2.71. The number of nitro groups is 1. The Kier molecular flexibility index (Phi) is 5.52. The summed E-state index contributed by atoms with van der Waals surface area (Å²) in [6, 6.07) is 5.18. The van der Waals surface area contributed by atoms with E-state index in [0.29, 0.717) is 11.6 Å². The molecule has 0 aliphatic carbocycles. The molecule has 1 atom stereocenters. The maximum atomic E-state index is 11.0. The predicted molar refractivity (Wildman–Crippen MR) is 82.7 cm³/mol. The number of likely N-dealkylation sites (tertiary alicyclic amines) is 1. The van der Waals surface area contributed by atoms with Crippen molar-refractivity contribution < 1.29 is 9.66 Å². The van der Waals surface area contributed by atoms with E-state index in [1.807, 2.05) is 13.0 Å². The van der Waals surface area contributed by atoms with Gasteiger partial charge in [-0.15, -0.1) is 0 Å². The average Bonchev–Trinajstić information content (AvgIpc) is 2.90. The van der Waals surface area contributed by atoms with Crippen molar-refractivity contribution in [2.24, 2.45) is 5.92 Å². The SMILES string of the molecule is COCCN1CC[C@@H](CNc2cc(C)ccc2[N+](=O)[O-])C1. The Morgan fingerprint density at radius 2 is 2.33 bits per heavy atom. The molecule has 1 aliphatic rings. The monoisotopic (exact) mass is 293 g/mol. The summed E-state index contributed by atoms with van der Waals surface area (Å²) in [5.74, 6) is 0.530. The molecule has 1 aromatic rings. The highest BCUT2D eigenvalue weighted by Crippen LogP contribution is 2.26. The van der Waals surface area contributed by atoms with E-state index >= 15 is 0 Å². The molecule has 2 rings (SSSR count). The van der Waals surface area contributed by atoms with Crippen LogP contribution in [0.4, 0.5) is 11.4 Å². The first-order valence-corrected chi connectivity index (χ1v) is 7.30. The summed E-state index contributed by atoms with van der Waals surface area (Å²) in [6.45, 7) is 6.52. The van der Waals surface area contributed by atoms with E-state index in [0.717, 1.165) is 44.8 Å². The number of nitro benzene ring substituents is 1. The fourth-order valence-electron chi connectivity index (χ4n) is 2.71. The number of benzene rings is 1. The van der Waals surface area contributed by atoms with Crippen LogP contribution in [0.3, 0.4) is 0 Å². The van der Waals surface area contributed by atoms with Gasteiger partial charge in [-0.1, -0.05) is 6.07 Å². The molecule has 0 bridgehead atoms. The predicted octanol–water partition coefficient (Wildman–Crippen LogP) is 2.28. The number of hydrogen-bond acceptors (Lipinski definition) is 5. The Bertz CT molecular complexity index is 493. The van der Waals surface area contributed by atoms with Gasteiger partial charge in [0.25, 0.3) is 5.69 Å². The summed E-state index contributed by atoms with van der Waals surface area (Å²) in [5.41, 5.74) is 1.79. The molecule has 1 heterocycles. The molecule has 1 aliphatic heterocycles.